The highest BCUT2D eigenvalue weighted by molar-refractivity contribution is 5.15. The van der Waals surface area contributed by atoms with Crippen LogP contribution in [0.3, 0.4) is 0 Å². The molecule has 0 aromatic carbocycles. The Morgan fingerprint density at radius 1 is 1.58 bits per heavy atom. The second-order valence-corrected chi connectivity index (χ2v) is 3.04. The Bertz CT molecular complexity index is 240. The van der Waals surface area contributed by atoms with Gasteiger partial charge >= 0.3 is 0 Å². The predicted molar refractivity (Wildman–Crippen MR) is 50.0 cm³/mol. The predicted octanol–water partition coefficient (Wildman–Crippen LogP) is 1.10. The summed E-state index contributed by atoms with van der Waals surface area (Å²) in [5.41, 5.74) is 7.88. The van der Waals surface area contributed by atoms with Crippen LogP contribution in [-0.4, -0.2) is 16.3 Å². The van der Waals surface area contributed by atoms with Crippen molar-refractivity contribution in [3.63, 3.8) is 0 Å². The van der Waals surface area contributed by atoms with E-state index in [1.54, 1.807) is 0 Å². The fourth-order valence-corrected chi connectivity index (χ4v) is 1.30. The molecule has 0 aliphatic rings. The molecule has 1 aromatic rings. The van der Waals surface area contributed by atoms with Crippen molar-refractivity contribution in [2.24, 2.45) is 5.73 Å². The molecule has 1 rings (SSSR count). The second-order valence-electron chi connectivity index (χ2n) is 3.04. The van der Waals surface area contributed by atoms with Crippen molar-refractivity contribution >= 4 is 0 Å². The molecule has 0 unspecified atom stereocenters. The summed E-state index contributed by atoms with van der Waals surface area (Å²) in [6.07, 6.45) is 4.17. The van der Waals surface area contributed by atoms with Crippen LogP contribution >= 0.6 is 0 Å². The Morgan fingerprint density at radius 2 is 2.33 bits per heavy atom. The maximum Gasteiger partial charge on any atom is 0.0626 e. The molecular weight excluding hydrogens is 150 g/mol. The lowest BCUT2D eigenvalue weighted by Crippen LogP contribution is -2.02. The van der Waals surface area contributed by atoms with Gasteiger partial charge in [0.25, 0.3) is 0 Å². The Labute approximate surface area is 73.6 Å². The molecule has 0 saturated carbocycles. The summed E-state index contributed by atoms with van der Waals surface area (Å²) in [4.78, 5) is 0. The zero-order valence-electron chi connectivity index (χ0n) is 7.88. The molecule has 0 atom stereocenters. The number of nitrogens with zero attached hydrogens (tertiary/aromatic N) is 2. The molecule has 0 saturated heterocycles. The lowest BCUT2D eigenvalue weighted by molar-refractivity contribution is 0.598. The first kappa shape index (κ1) is 9.26. The fourth-order valence-electron chi connectivity index (χ4n) is 1.30. The van der Waals surface area contributed by atoms with Crippen molar-refractivity contribution in [2.75, 3.05) is 6.54 Å². The summed E-state index contributed by atoms with van der Waals surface area (Å²) in [7, 11) is 0. The number of aryl methyl sites for hydroxylation is 2. The van der Waals surface area contributed by atoms with E-state index in [1.165, 1.54) is 5.56 Å². The number of rotatable bonds is 4. The van der Waals surface area contributed by atoms with Gasteiger partial charge in [0.1, 0.15) is 0 Å². The quantitative estimate of drug-likeness (QED) is 0.730. The standard InChI is InChI=1S/C9H17N3/c1-3-6-12-7-9(4-5-10)8(2)11-12/h7H,3-6,10H2,1-2H3. The van der Waals surface area contributed by atoms with E-state index >= 15 is 0 Å². The molecule has 3 heteroatoms. The fraction of sp³-hybridized carbons (Fsp3) is 0.667. The summed E-state index contributed by atoms with van der Waals surface area (Å²) in [5.74, 6) is 0. The van der Waals surface area contributed by atoms with Gasteiger partial charge in [-0.25, -0.2) is 0 Å². The molecule has 0 radical (unpaired) electrons. The van der Waals surface area contributed by atoms with Crippen LogP contribution in [0.4, 0.5) is 0 Å². The van der Waals surface area contributed by atoms with E-state index in [2.05, 4.69) is 18.2 Å². The zero-order valence-corrected chi connectivity index (χ0v) is 7.88. The summed E-state index contributed by atoms with van der Waals surface area (Å²) in [6, 6.07) is 0. The van der Waals surface area contributed by atoms with Gasteiger partial charge in [0.15, 0.2) is 0 Å². The molecule has 0 fully saturated rings. The normalized spacial score (nSPS) is 10.6. The second kappa shape index (κ2) is 4.26. The van der Waals surface area contributed by atoms with Crippen molar-refractivity contribution in [2.45, 2.75) is 33.2 Å². The van der Waals surface area contributed by atoms with E-state index in [0.29, 0.717) is 6.54 Å². The zero-order chi connectivity index (χ0) is 8.97. The Balaban J connectivity index is 2.70. The van der Waals surface area contributed by atoms with Crippen LogP contribution in [0.1, 0.15) is 24.6 Å². The number of hydrogen-bond donors (Lipinski definition) is 1. The van der Waals surface area contributed by atoms with Gasteiger partial charge < -0.3 is 5.73 Å². The van der Waals surface area contributed by atoms with Gasteiger partial charge in [-0.05, 0) is 31.9 Å². The maximum atomic E-state index is 5.48. The lowest BCUT2D eigenvalue weighted by Gasteiger charge is -1.94. The van der Waals surface area contributed by atoms with Crippen LogP contribution in [0.15, 0.2) is 6.20 Å². The topological polar surface area (TPSA) is 43.8 Å². The minimum absolute atomic E-state index is 0.707. The number of nitrogens with two attached hydrogens (primary N) is 1. The third kappa shape index (κ3) is 2.08. The Hall–Kier alpha value is -0.830. The summed E-state index contributed by atoms with van der Waals surface area (Å²) < 4.78 is 2.00. The van der Waals surface area contributed by atoms with E-state index in [-0.39, 0.29) is 0 Å². The molecule has 0 aliphatic heterocycles. The minimum atomic E-state index is 0.707. The Kier molecular flexibility index (Phi) is 3.29. The first-order valence-electron chi connectivity index (χ1n) is 4.51. The van der Waals surface area contributed by atoms with E-state index in [4.69, 9.17) is 5.73 Å². The molecule has 0 bridgehead atoms. The summed E-state index contributed by atoms with van der Waals surface area (Å²) in [6.45, 7) is 5.90. The van der Waals surface area contributed by atoms with Crippen LogP contribution in [0.25, 0.3) is 0 Å². The third-order valence-corrected chi connectivity index (χ3v) is 1.91. The maximum absolute atomic E-state index is 5.48. The summed E-state index contributed by atoms with van der Waals surface area (Å²) in [5, 5.41) is 4.38. The first-order valence-corrected chi connectivity index (χ1v) is 4.51. The van der Waals surface area contributed by atoms with Crippen LogP contribution in [0.2, 0.25) is 0 Å². The van der Waals surface area contributed by atoms with Crippen molar-refractivity contribution in [1.29, 1.82) is 0 Å². The SMILES string of the molecule is CCCn1cc(CCN)c(C)n1. The van der Waals surface area contributed by atoms with Gasteiger partial charge in [-0.3, -0.25) is 4.68 Å². The van der Waals surface area contributed by atoms with Gasteiger partial charge in [0, 0.05) is 12.7 Å². The van der Waals surface area contributed by atoms with Crippen molar-refractivity contribution in [1.82, 2.24) is 9.78 Å². The molecule has 68 valence electrons. The van der Waals surface area contributed by atoms with Gasteiger partial charge in [0.2, 0.25) is 0 Å². The van der Waals surface area contributed by atoms with Crippen LogP contribution < -0.4 is 5.73 Å². The van der Waals surface area contributed by atoms with Crippen LogP contribution in [-0.2, 0) is 13.0 Å². The van der Waals surface area contributed by atoms with E-state index in [9.17, 15) is 0 Å². The molecule has 0 amide bonds. The number of aromatic nitrogens is 2. The van der Waals surface area contributed by atoms with Gasteiger partial charge in [-0.15, -0.1) is 0 Å². The molecule has 0 spiro atoms. The van der Waals surface area contributed by atoms with Crippen LogP contribution in [0.5, 0.6) is 0 Å². The van der Waals surface area contributed by atoms with Crippen molar-refractivity contribution < 1.29 is 0 Å². The average Bonchev–Trinajstić information content (AvgIpc) is 2.34. The van der Waals surface area contributed by atoms with Gasteiger partial charge in [-0.2, -0.15) is 5.10 Å². The molecule has 0 aliphatic carbocycles. The number of hydrogen-bond acceptors (Lipinski definition) is 2. The largest absolute Gasteiger partial charge is 0.330 e. The first-order chi connectivity index (χ1) is 5.77. The summed E-state index contributed by atoms with van der Waals surface area (Å²) >= 11 is 0. The smallest absolute Gasteiger partial charge is 0.0626 e. The van der Waals surface area contributed by atoms with Crippen LogP contribution in [0, 0.1) is 6.92 Å². The molecule has 3 nitrogen and oxygen atoms in total. The highest BCUT2D eigenvalue weighted by Gasteiger charge is 2.02. The highest BCUT2D eigenvalue weighted by atomic mass is 15.3. The lowest BCUT2D eigenvalue weighted by atomic mass is 10.2. The Morgan fingerprint density at radius 3 is 2.92 bits per heavy atom. The highest BCUT2D eigenvalue weighted by Crippen LogP contribution is 2.05. The monoisotopic (exact) mass is 167 g/mol. The minimum Gasteiger partial charge on any atom is -0.330 e. The van der Waals surface area contributed by atoms with E-state index in [0.717, 1.165) is 25.1 Å². The molecule has 2 N–H and O–H groups in total. The third-order valence-electron chi connectivity index (χ3n) is 1.91. The van der Waals surface area contributed by atoms with Gasteiger partial charge in [-0.1, -0.05) is 6.92 Å². The molecular formula is C9H17N3. The van der Waals surface area contributed by atoms with Gasteiger partial charge in [0.05, 0.1) is 5.69 Å². The average molecular weight is 167 g/mol. The van der Waals surface area contributed by atoms with E-state index < -0.39 is 0 Å². The molecule has 1 aromatic heterocycles. The van der Waals surface area contributed by atoms with Crippen molar-refractivity contribution in [3.8, 4) is 0 Å². The van der Waals surface area contributed by atoms with E-state index in [1.807, 2.05) is 11.6 Å². The molecule has 1 heterocycles. The van der Waals surface area contributed by atoms with Crippen molar-refractivity contribution in [3.05, 3.63) is 17.5 Å². The molecule has 12 heavy (non-hydrogen) atoms.